The van der Waals surface area contributed by atoms with E-state index < -0.39 is 0 Å². The van der Waals surface area contributed by atoms with Crippen LogP contribution >= 0.6 is 0 Å². The average molecular weight is 412 g/mol. The molecule has 2 fully saturated rings. The summed E-state index contributed by atoms with van der Waals surface area (Å²) in [6, 6.07) is 7.82. The lowest BCUT2D eigenvalue weighted by molar-refractivity contribution is -0.127. The molecule has 0 aliphatic carbocycles. The van der Waals surface area contributed by atoms with Gasteiger partial charge in [0.15, 0.2) is 0 Å². The van der Waals surface area contributed by atoms with Crippen molar-refractivity contribution in [3.8, 4) is 0 Å². The van der Waals surface area contributed by atoms with Gasteiger partial charge in [-0.05, 0) is 51.3 Å². The Morgan fingerprint density at radius 3 is 2.73 bits per heavy atom. The molecule has 0 saturated carbocycles. The van der Waals surface area contributed by atoms with Gasteiger partial charge in [0.05, 0.1) is 23.9 Å². The molecular weight excluding hydrogens is 382 g/mol. The van der Waals surface area contributed by atoms with E-state index in [4.69, 9.17) is 4.52 Å². The Morgan fingerprint density at radius 2 is 2.03 bits per heavy atom. The smallest absolute Gasteiger partial charge is 0.292 e. The zero-order valence-corrected chi connectivity index (χ0v) is 17.4. The molecule has 2 saturated heterocycles. The van der Waals surface area contributed by atoms with Crippen LogP contribution in [-0.2, 0) is 11.3 Å². The number of piperidine rings is 2. The van der Waals surface area contributed by atoms with Gasteiger partial charge in [0.25, 0.3) is 5.91 Å². The summed E-state index contributed by atoms with van der Waals surface area (Å²) in [4.78, 5) is 33.8. The van der Waals surface area contributed by atoms with Crippen molar-refractivity contribution >= 4 is 11.8 Å². The first-order valence-electron chi connectivity index (χ1n) is 10.7. The van der Waals surface area contributed by atoms with Crippen molar-refractivity contribution in [3.63, 3.8) is 0 Å². The third-order valence-corrected chi connectivity index (χ3v) is 6.10. The van der Waals surface area contributed by atoms with Crippen molar-refractivity contribution in [2.24, 2.45) is 5.92 Å². The van der Waals surface area contributed by atoms with E-state index in [2.05, 4.69) is 20.4 Å². The predicted molar refractivity (Wildman–Crippen MR) is 111 cm³/mol. The highest BCUT2D eigenvalue weighted by Crippen LogP contribution is 2.25. The lowest BCUT2D eigenvalue weighted by Gasteiger charge is -2.41. The second-order valence-corrected chi connectivity index (χ2v) is 8.23. The number of likely N-dealkylation sites (tertiary alicyclic amines) is 2. The molecule has 2 aromatic heterocycles. The Morgan fingerprint density at radius 1 is 1.20 bits per heavy atom. The lowest BCUT2D eigenvalue weighted by atomic mass is 9.93. The molecule has 0 bridgehead atoms. The topological polar surface area (TPSA) is 91.6 Å². The molecule has 2 aromatic rings. The van der Waals surface area contributed by atoms with Gasteiger partial charge in [-0.25, -0.2) is 0 Å². The highest BCUT2D eigenvalue weighted by atomic mass is 16.5. The van der Waals surface area contributed by atoms with Crippen LogP contribution in [0.2, 0.25) is 0 Å². The van der Waals surface area contributed by atoms with Crippen LogP contribution in [0.15, 0.2) is 35.0 Å². The number of nitrogens with zero attached hydrogens (tertiary/aromatic N) is 4. The first-order chi connectivity index (χ1) is 14.6. The van der Waals surface area contributed by atoms with E-state index in [9.17, 15) is 9.59 Å². The van der Waals surface area contributed by atoms with Gasteiger partial charge in [-0.15, -0.1) is 0 Å². The molecule has 8 heteroatoms. The van der Waals surface area contributed by atoms with Crippen LogP contribution in [0, 0.1) is 12.8 Å². The zero-order chi connectivity index (χ0) is 20.9. The maximum absolute atomic E-state index is 12.7. The molecule has 4 heterocycles. The number of amides is 2. The molecule has 0 aromatic carbocycles. The largest absolute Gasteiger partial charge is 0.351 e. The van der Waals surface area contributed by atoms with Crippen molar-refractivity contribution in [1.82, 2.24) is 25.3 Å². The third-order valence-electron chi connectivity index (χ3n) is 6.10. The second kappa shape index (κ2) is 9.38. The SMILES string of the molecule is Cc1cc(C(=O)N2CCC(N3CCC[C@@H](C(=O)NCc4ccccn4)C3)CC2)on1. The maximum atomic E-state index is 12.7. The Balaban J connectivity index is 1.26. The monoisotopic (exact) mass is 411 g/mol. The minimum atomic E-state index is -0.0838. The zero-order valence-electron chi connectivity index (χ0n) is 17.4. The summed E-state index contributed by atoms with van der Waals surface area (Å²) < 4.78 is 5.12. The number of aromatic nitrogens is 2. The van der Waals surface area contributed by atoms with Gasteiger partial charge in [0.2, 0.25) is 11.7 Å². The number of carbonyl (C=O) groups excluding carboxylic acids is 2. The van der Waals surface area contributed by atoms with Crippen LogP contribution in [0.25, 0.3) is 0 Å². The van der Waals surface area contributed by atoms with E-state index in [0.717, 1.165) is 44.5 Å². The molecule has 0 unspecified atom stereocenters. The number of hydrogen-bond donors (Lipinski definition) is 1. The van der Waals surface area contributed by atoms with Gasteiger partial charge in [-0.2, -0.15) is 0 Å². The molecular formula is C22H29N5O3. The summed E-state index contributed by atoms with van der Waals surface area (Å²) in [6.07, 6.45) is 5.53. The molecule has 0 radical (unpaired) electrons. The quantitative estimate of drug-likeness (QED) is 0.809. The van der Waals surface area contributed by atoms with Crippen LogP contribution in [0.5, 0.6) is 0 Å². The highest BCUT2D eigenvalue weighted by Gasteiger charge is 2.33. The van der Waals surface area contributed by atoms with Crippen molar-refractivity contribution in [3.05, 3.63) is 47.6 Å². The predicted octanol–water partition coefficient (Wildman–Crippen LogP) is 2.01. The van der Waals surface area contributed by atoms with Crippen molar-refractivity contribution in [2.75, 3.05) is 26.2 Å². The molecule has 1 atom stereocenters. The summed E-state index contributed by atoms with van der Waals surface area (Å²) >= 11 is 0. The van der Waals surface area contributed by atoms with Crippen LogP contribution in [0.1, 0.15) is 47.6 Å². The minimum absolute atomic E-state index is 0.0132. The van der Waals surface area contributed by atoms with Crippen LogP contribution in [0.3, 0.4) is 0 Å². The first-order valence-corrected chi connectivity index (χ1v) is 10.7. The van der Waals surface area contributed by atoms with Gasteiger partial charge in [0, 0.05) is 37.9 Å². The van der Waals surface area contributed by atoms with Gasteiger partial charge in [-0.1, -0.05) is 11.2 Å². The maximum Gasteiger partial charge on any atom is 0.292 e. The highest BCUT2D eigenvalue weighted by molar-refractivity contribution is 5.91. The summed E-state index contributed by atoms with van der Waals surface area (Å²) in [5.41, 5.74) is 1.59. The molecule has 2 aliphatic heterocycles. The van der Waals surface area contributed by atoms with E-state index in [0.29, 0.717) is 37.1 Å². The van der Waals surface area contributed by atoms with Gasteiger partial charge >= 0.3 is 0 Å². The van der Waals surface area contributed by atoms with Gasteiger partial charge in [0.1, 0.15) is 0 Å². The summed E-state index contributed by atoms with van der Waals surface area (Å²) in [5, 5.41) is 6.84. The average Bonchev–Trinajstić information content (AvgIpc) is 3.24. The van der Waals surface area contributed by atoms with E-state index in [1.807, 2.05) is 30.0 Å². The second-order valence-electron chi connectivity index (χ2n) is 8.23. The number of rotatable bonds is 5. The van der Waals surface area contributed by atoms with Crippen LogP contribution in [0.4, 0.5) is 0 Å². The third kappa shape index (κ3) is 4.87. The van der Waals surface area contributed by atoms with E-state index >= 15 is 0 Å². The fraction of sp³-hybridized carbons (Fsp3) is 0.545. The molecule has 2 amide bonds. The Bertz CT molecular complexity index is 861. The first kappa shape index (κ1) is 20.5. The number of aryl methyl sites for hydroxylation is 1. The summed E-state index contributed by atoms with van der Waals surface area (Å²) in [5.74, 6) is 0.353. The van der Waals surface area contributed by atoms with Crippen LogP contribution < -0.4 is 5.32 Å². The van der Waals surface area contributed by atoms with Gasteiger partial charge in [-0.3, -0.25) is 19.5 Å². The normalized spacial score (nSPS) is 20.8. The Labute approximate surface area is 176 Å². The van der Waals surface area contributed by atoms with Crippen molar-refractivity contribution < 1.29 is 14.1 Å². The van der Waals surface area contributed by atoms with Crippen molar-refractivity contribution in [2.45, 2.75) is 45.2 Å². The molecule has 1 N–H and O–H groups in total. The van der Waals surface area contributed by atoms with Crippen LogP contribution in [-0.4, -0.2) is 64.0 Å². The fourth-order valence-electron chi connectivity index (χ4n) is 4.43. The number of hydrogen-bond acceptors (Lipinski definition) is 6. The molecule has 0 spiro atoms. The molecule has 30 heavy (non-hydrogen) atoms. The molecule has 8 nitrogen and oxygen atoms in total. The number of pyridine rings is 1. The molecule has 2 aliphatic rings. The minimum Gasteiger partial charge on any atom is -0.351 e. The Hall–Kier alpha value is -2.74. The fourth-order valence-corrected chi connectivity index (χ4v) is 4.43. The van der Waals surface area contributed by atoms with E-state index in [1.54, 1.807) is 12.3 Å². The Kier molecular flexibility index (Phi) is 6.42. The molecule has 160 valence electrons. The summed E-state index contributed by atoms with van der Waals surface area (Å²) in [6.45, 7) is 5.49. The molecule has 4 rings (SSSR count). The lowest BCUT2D eigenvalue weighted by Crippen LogP contribution is -2.51. The number of carbonyl (C=O) groups is 2. The van der Waals surface area contributed by atoms with Crippen molar-refractivity contribution in [1.29, 1.82) is 0 Å². The standard InChI is InChI=1S/C22H29N5O3/c1-16-13-20(30-25-16)22(29)26-11-7-19(8-12-26)27-10-4-5-17(15-27)21(28)24-14-18-6-2-3-9-23-18/h2-3,6,9,13,17,19H,4-5,7-8,10-12,14-15H2,1H3,(H,24,28)/t17-/m1/s1. The number of nitrogens with one attached hydrogen (secondary N) is 1. The van der Waals surface area contributed by atoms with E-state index in [-0.39, 0.29) is 17.7 Å². The summed E-state index contributed by atoms with van der Waals surface area (Å²) in [7, 11) is 0. The van der Waals surface area contributed by atoms with E-state index in [1.165, 1.54) is 0 Å². The van der Waals surface area contributed by atoms with Gasteiger partial charge < -0.3 is 14.7 Å².